The molecule has 13 heavy (non-hydrogen) atoms. The van der Waals surface area contributed by atoms with Crippen molar-refractivity contribution in [2.75, 3.05) is 12.3 Å². The summed E-state index contributed by atoms with van der Waals surface area (Å²) in [6.45, 7) is 6.03. The summed E-state index contributed by atoms with van der Waals surface area (Å²) in [5.41, 5.74) is 4.88. The van der Waals surface area contributed by atoms with Crippen molar-refractivity contribution < 1.29 is 8.42 Å². The lowest BCUT2D eigenvalue weighted by Gasteiger charge is -2.20. The molecule has 0 unspecified atom stereocenters. The van der Waals surface area contributed by atoms with Crippen LogP contribution in [-0.4, -0.2) is 26.3 Å². The number of rotatable bonds is 5. The second-order valence-electron chi connectivity index (χ2n) is 4.17. The Kier molecular flexibility index (Phi) is 4.88. The zero-order valence-electron chi connectivity index (χ0n) is 8.63. The quantitative estimate of drug-likeness (QED) is 0.644. The Bertz CT molecular complexity index is 229. The van der Waals surface area contributed by atoms with Crippen LogP contribution in [0.4, 0.5) is 0 Å². The maximum Gasteiger partial charge on any atom is 0.212 e. The fourth-order valence-electron chi connectivity index (χ4n) is 0.954. The van der Waals surface area contributed by atoms with Crippen LogP contribution in [0, 0.1) is 0 Å². The smallest absolute Gasteiger partial charge is 0.212 e. The third-order valence-corrected chi connectivity index (χ3v) is 3.08. The number of sulfonamides is 1. The molecule has 0 bridgehead atoms. The van der Waals surface area contributed by atoms with E-state index in [2.05, 4.69) is 4.72 Å². The minimum Gasteiger partial charge on any atom is -0.330 e. The molecular weight excluding hydrogens is 188 g/mol. The monoisotopic (exact) mass is 208 g/mol. The van der Waals surface area contributed by atoms with Crippen molar-refractivity contribution in [2.45, 2.75) is 39.2 Å². The number of nitrogens with two attached hydrogens (primary N) is 1. The van der Waals surface area contributed by atoms with E-state index in [0.29, 0.717) is 13.0 Å². The Hall–Kier alpha value is -0.130. The molecule has 4 nitrogen and oxygen atoms in total. The van der Waals surface area contributed by atoms with Gasteiger partial charge in [-0.3, -0.25) is 0 Å². The number of hydrogen-bond acceptors (Lipinski definition) is 3. The van der Waals surface area contributed by atoms with E-state index < -0.39 is 10.0 Å². The molecule has 0 aromatic heterocycles. The van der Waals surface area contributed by atoms with Gasteiger partial charge >= 0.3 is 0 Å². The highest BCUT2D eigenvalue weighted by atomic mass is 32.2. The van der Waals surface area contributed by atoms with Crippen LogP contribution < -0.4 is 10.5 Å². The average molecular weight is 208 g/mol. The fourth-order valence-corrected chi connectivity index (χ4v) is 2.57. The van der Waals surface area contributed by atoms with Gasteiger partial charge in [-0.25, -0.2) is 13.1 Å². The van der Waals surface area contributed by atoms with Gasteiger partial charge in [0.25, 0.3) is 0 Å². The van der Waals surface area contributed by atoms with E-state index in [9.17, 15) is 8.42 Å². The Labute approximate surface area is 80.9 Å². The van der Waals surface area contributed by atoms with Gasteiger partial charge in [-0.05, 0) is 40.2 Å². The van der Waals surface area contributed by atoms with Crippen LogP contribution in [0.1, 0.15) is 33.6 Å². The lowest BCUT2D eigenvalue weighted by atomic mass is 10.1. The molecular formula is C8H20N2O2S. The minimum atomic E-state index is -3.12. The van der Waals surface area contributed by atoms with Gasteiger partial charge < -0.3 is 5.73 Å². The van der Waals surface area contributed by atoms with E-state index in [-0.39, 0.29) is 11.3 Å². The summed E-state index contributed by atoms with van der Waals surface area (Å²) >= 11 is 0. The first kappa shape index (κ1) is 12.9. The maximum absolute atomic E-state index is 11.4. The van der Waals surface area contributed by atoms with Crippen LogP contribution in [0.3, 0.4) is 0 Å². The first-order valence-electron chi connectivity index (χ1n) is 4.48. The van der Waals surface area contributed by atoms with E-state index in [1.807, 2.05) is 20.8 Å². The van der Waals surface area contributed by atoms with Gasteiger partial charge in [0.05, 0.1) is 5.75 Å². The van der Waals surface area contributed by atoms with Crippen molar-refractivity contribution in [3.05, 3.63) is 0 Å². The highest BCUT2D eigenvalue weighted by molar-refractivity contribution is 7.89. The molecule has 0 aromatic rings. The third-order valence-electron chi connectivity index (χ3n) is 1.33. The molecule has 0 saturated carbocycles. The van der Waals surface area contributed by atoms with Crippen molar-refractivity contribution in [2.24, 2.45) is 5.73 Å². The highest BCUT2D eigenvalue weighted by Crippen LogP contribution is 2.03. The predicted octanol–water partition coefficient (Wildman–Crippen LogP) is 0.443. The number of hydrogen-bond donors (Lipinski definition) is 2. The molecule has 80 valence electrons. The molecule has 0 fully saturated rings. The standard InChI is InChI=1S/C8H20N2O2S/c1-8(2,3)10-13(11,12)7-5-4-6-9/h10H,4-7,9H2,1-3H3. The van der Waals surface area contributed by atoms with Gasteiger partial charge in [0.1, 0.15) is 0 Å². The molecule has 0 saturated heterocycles. The molecule has 0 spiro atoms. The molecule has 0 aromatic carbocycles. The van der Waals surface area contributed by atoms with Crippen LogP contribution in [0.2, 0.25) is 0 Å². The Morgan fingerprint density at radius 1 is 1.23 bits per heavy atom. The van der Waals surface area contributed by atoms with Crippen LogP contribution in [0.25, 0.3) is 0 Å². The molecule has 0 aliphatic heterocycles. The van der Waals surface area contributed by atoms with Gasteiger partial charge in [-0.2, -0.15) is 0 Å². The summed E-state index contributed by atoms with van der Waals surface area (Å²) in [5, 5.41) is 0. The second-order valence-corrected chi connectivity index (χ2v) is 6.01. The van der Waals surface area contributed by atoms with Crippen LogP contribution in [-0.2, 0) is 10.0 Å². The van der Waals surface area contributed by atoms with Gasteiger partial charge in [-0.1, -0.05) is 0 Å². The maximum atomic E-state index is 11.4. The molecule has 0 radical (unpaired) electrons. The first-order valence-corrected chi connectivity index (χ1v) is 6.14. The van der Waals surface area contributed by atoms with Crippen LogP contribution in [0.5, 0.6) is 0 Å². The van der Waals surface area contributed by atoms with E-state index in [1.54, 1.807) is 0 Å². The van der Waals surface area contributed by atoms with Gasteiger partial charge in [0, 0.05) is 5.54 Å². The predicted molar refractivity (Wildman–Crippen MR) is 55.0 cm³/mol. The Balaban J connectivity index is 3.96. The normalized spacial score (nSPS) is 13.2. The Morgan fingerprint density at radius 2 is 1.77 bits per heavy atom. The number of unbranched alkanes of at least 4 members (excludes halogenated alkanes) is 1. The first-order chi connectivity index (χ1) is 5.77. The van der Waals surface area contributed by atoms with Gasteiger partial charge in [-0.15, -0.1) is 0 Å². The lowest BCUT2D eigenvalue weighted by molar-refractivity contribution is 0.490. The summed E-state index contributed by atoms with van der Waals surface area (Å²) < 4.78 is 25.3. The molecule has 0 heterocycles. The van der Waals surface area contributed by atoms with E-state index >= 15 is 0 Å². The topological polar surface area (TPSA) is 72.2 Å². The van der Waals surface area contributed by atoms with Gasteiger partial charge in [0.15, 0.2) is 0 Å². The van der Waals surface area contributed by atoms with Gasteiger partial charge in [0.2, 0.25) is 10.0 Å². The molecule has 0 atom stereocenters. The molecule has 3 N–H and O–H groups in total. The van der Waals surface area contributed by atoms with Crippen molar-refractivity contribution in [3.63, 3.8) is 0 Å². The fraction of sp³-hybridized carbons (Fsp3) is 1.00. The molecule has 0 aliphatic rings. The van der Waals surface area contributed by atoms with Crippen molar-refractivity contribution >= 4 is 10.0 Å². The van der Waals surface area contributed by atoms with E-state index in [0.717, 1.165) is 6.42 Å². The zero-order chi connectivity index (χ0) is 10.5. The molecule has 0 aliphatic carbocycles. The van der Waals surface area contributed by atoms with Crippen molar-refractivity contribution in [1.29, 1.82) is 0 Å². The molecule has 0 rings (SSSR count). The summed E-state index contributed by atoms with van der Waals surface area (Å²) in [7, 11) is -3.12. The highest BCUT2D eigenvalue weighted by Gasteiger charge is 2.18. The molecule has 0 amide bonds. The van der Waals surface area contributed by atoms with Crippen molar-refractivity contribution in [3.8, 4) is 0 Å². The minimum absolute atomic E-state index is 0.168. The number of nitrogens with one attached hydrogen (secondary N) is 1. The molecule has 5 heteroatoms. The van der Waals surface area contributed by atoms with E-state index in [1.165, 1.54) is 0 Å². The lowest BCUT2D eigenvalue weighted by Crippen LogP contribution is -2.41. The summed E-state index contributed by atoms with van der Waals surface area (Å²) in [4.78, 5) is 0. The third kappa shape index (κ3) is 8.21. The largest absolute Gasteiger partial charge is 0.330 e. The second kappa shape index (κ2) is 4.93. The van der Waals surface area contributed by atoms with Crippen LogP contribution in [0.15, 0.2) is 0 Å². The van der Waals surface area contributed by atoms with E-state index in [4.69, 9.17) is 5.73 Å². The SMILES string of the molecule is CC(C)(C)NS(=O)(=O)CCCCN. The summed E-state index contributed by atoms with van der Waals surface area (Å²) in [5.74, 6) is 0.168. The van der Waals surface area contributed by atoms with Crippen molar-refractivity contribution in [1.82, 2.24) is 4.72 Å². The summed E-state index contributed by atoms with van der Waals surface area (Å²) in [6, 6.07) is 0. The van der Waals surface area contributed by atoms with Crippen LogP contribution >= 0.6 is 0 Å². The average Bonchev–Trinajstić information content (AvgIpc) is 1.81. The zero-order valence-corrected chi connectivity index (χ0v) is 9.45. The Morgan fingerprint density at radius 3 is 2.15 bits per heavy atom. The summed E-state index contributed by atoms with van der Waals surface area (Å²) in [6.07, 6.45) is 1.38.